The molecule has 0 spiro atoms. The number of sulfonamides is 1. The molecule has 0 aliphatic carbocycles. The Morgan fingerprint density at radius 2 is 2.18 bits per heavy atom. The van der Waals surface area contributed by atoms with E-state index in [0.29, 0.717) is 19.4 Å². The first-order valence-electron chi connectivity index (χ1n) is 6.49. The van der Waals surface area contributed by atoms with Gasteiger partial charge in [0.15, 0.2) is 4.90 Å². The minimum Gasteiger partial charge on any atom is -0.318 e. The number of nitrogens with zero attached hydrogens (tertiary/aromatic N) is 2. The van der Waals surface area contributed by atoms with E-state index in [1.165, 1.54) is 0 Å². The molecule has 22 heavy (non-hydrogen) atoms. The van der Waals surface area contributed by atoms with E-state index in [9.17, 15) is 22.9 Å². The molecule has 10 heteroatoms. The SMILES string of the molecule is CNCC1CCCN1S(=O)(=O)c1c(F)cccc1[N+](=O)[O-].Cl. The minimum absolute atomic E-state index is 0. The van der Waals surface area contributed by atoms with Crippen molar-refractivity contribution in [2.24, 2.45) is 0 Å². The van der Waals surface area contributed by atoms with E-state index in [0.717, 1.165) is 22.5 Å². The van der Waals surface area contributed by atoms with Gasteiger partial charge in [0.25, 0.3) is 15.7 Å². The molecule has 7 nitrogen and oxygen atoms in total. The lowest BCUT2D eigenvalue weighted by Crippen LogP contribution is -2.41. The van der Waals surface area contributed by atoms with E-state index in [2.05, 4.69) is 5.32 Å². The molecule has 1 aliphatic heterocycles. The molecule has 1 heterocycles. The van der Waals surface area contributed by atoms with Crippen LogP contribution in [-0.2, 0) is 10.0 Å². The van der Waals surface area contributed by atoms with Crippen molar-refractivity contribution in [3.63, 3.8) is 0 Å². The van der Waals surface area contributed by atoms with Gasteiger partial charge >= 0.3 is 0 Å². The molecule has 1 unspecified atom stereocenters. The fourth-order valence-corrected chi connectivity index (χ4v) is 4.48. The van der Waals surface area contributed by atoms with Crippen molar-refractivity contribution in [3.8, 4) is 0 Å². The monoisotopic (exact) mass is 353 g/mol. The van der Waals surface area contributed by atoms with E-state index in [1.807, 2.05) is 0 Å². The molecular formula is C12H17ClFN3O4S. The van der Waals surface area contributed by atoms with Gasteiger partial charge in [-0.2, -0.15) is 4.31 Å². The molecular weight excluding hydrogens is 337 g/mol. The van der Waals surface area contributed by atoms with Crippen LogP contribution >= 0.6 is 12.4 Å². The summed E-state index contributed by atoms with van der Waals surface area (Å²) in [5.74, 6) is -1.10. The number of nitrogens with one attached hydrogen (secondary N) is 1. The number of halogens is 2. The molecule has 1 aliphatic rings. The first-order valence-corrected chi connectivity index (χ1v) is 7.93. The maximum absolute atomic E-state index is 13.9. The second kappa shape index (κ2) is 7.32. The second-order valence-electron chi connectivity index (χ2n) is 4.81. The Kier molecular flexibility index (Phi) is 6.24. The number of hydrogen-bond donors (Lipinski definition) is 1. The van der Waals surface area contributed by atoms with Crippen LogP contribution in [0.25, 0.3) is 0 Å². The van der Waals surface area contributed by atoms with E-state index >= 15 is 0 Å². The van der Waals surface area contributed by atoms with Crippen molar-refractivity contribution in [1.29, 1.82) is 0 Å². The predicted molar refractivity (Wildman–Crippen MR) is 81.1 cm³/mol. The molecule has 2 rings (SSSR count). The van der Waals surface area contributed by atoms with Crippen LogP contribution in [0, 0.1) is 15.9 Å². The quantitative estimate of drug-likeness (QED) is 0.640. The van der Waals surface area contributed by atoms with Crippen molar-refractivity contribution in [2.75, 3.05) is 20.1 Å². The summed E-state index contributed by atoms with van der Waals surface area (Å²) in [6, 6.07) is 2.73. The molecule has 0 bridgehead atoms. The van der Waals surface area contributed by atoms with Crippen LogP contribution in [0.4, 0.5) is 10.1 Å². The van der Waals surface area contributed by atoms with E-state index in [-0.39, 0.29) is 25.0 Å². The number of benzene rings is 1. The van der Waals surface area contributed by atoms with Gasteiger partial charge in [0.05, 0.1) is 4.92 Å². The number of nitro groups is 1. The number of rotatable bonds is 5. The molecule has 1 aromatic carbocycles. The summed E-state index contributed by atoms with van der Waals surface area (Å²) in [7, 11) is -2.55. The normalized spacial score (nSPS) is 18.9. The maximum Gasteiger partial charge on any atom is 0.292 e. The molecule has 0 aromatic heterocycles. The molecule has 1 aromatic rings. The minimum atomic E-state index is -4.24. The summed E-state index contributed by atoms with van der Waals surface area (Å²) in [5, 5.41) is 13.9. The Morgan fingerprint density at radius 3 is 2.77 bits per heavy atom. The lowest BCUT2D eigenvalue weighted by molar-refractivity contribution is -0.388. The molecule has 1 fully saturated rings. The first kappa shape index (κ1) is 18.8. The van der Waals surface area contributed by atoms with E-state index in [4.69, 9.17) is 0 Å². The van der Waals surface area contributed by atoms with Gasteiger partial charge in [-0.3, -0.25) is 10.1 Å². The van der Waals surface area contributed by atoms with Gasteiger partial charge in [-0.05, 0) is 26.0 Å². The van der Waals surface area contributed by atoms with E-state index < -0.39 is 31.3 Å². The molecule has 0 amide bonds. The average Bonchev–Trinajstić information content (AvgIpc) is 2.87. The Balaban J connectivity index is 0.00000242. The zero-order valence-corrected chi connectivity index (χ0v) is 13.5. The summed E-state index contributed by atoms with van der Waals surface area (Å²) in [5.41, 5.74) is -0.731. The predicted octanol–water partition coefficient (Wildman–Crippen LogP) is 1.53. The summed E-state index contributed by atoms with van der Waals surface area (Å²) in [6.45, 7) is 0.654. The van der Waals surface area contributed by atoms with Crippen molar-refractivity contribution in [3.05, 3.63) is 34.1 Å². The summed E-state index contributed by atoms with van der Waals surface area (Å²) >= 11 is 0. The summed E-state index contributed by atoms with van der Waals surface area (Å²) < 4.78 is 40.3. The second-order valence-corrected chi connectivity index (χ2v) is 6.64. The topological polar surface area (TPSA) is 92.6 Å². The summed E-state index contributed by atoms with van der Waals surface area (Å²) in [6.07, 6.45) is 1.29. The Morgan fingerprint density at radius 1 is 1.50 bits per heavy atom. The fourth-order valence-electron chi connectivity index (χ4n) is 2.58. The van der Waals surface area contributed by atoms with Crippen molar-refractivity contribution >= 4 is 28.1 Å². The van der Waals surface area contributed by atoms with E-state index in [1.54, 1.807) is 7.05 Å². The van der Waals surface area contributed by atoms with Crippen LogP contribution in [-0.4, -0.2) is 43.8 Å². The van der Waals surface area contributed by atoms with Gasteiger partial charge in [-0.1, -0.05) is 6.07 Å². The van der Waals surface area contributed by atoms with Gasteiger partial charge in [0.1, 0.15) is 5.82 Å². The highest BCUT2D eigenvalue weighted by molar-refractivity contribution is 7.89. The lowest BCUT2D eigenvalue weighted by atomic mass is 10.2. The highest BCUT2D eigenvalue weighted by atomic mass is 35.5. The number of likely N-dealkylation sites (N-methyl/N-ethyl adjacent to an activating group) is 1. The number of nitro benzene ring substituents is 1. The fraction of sp³-hybridized carbons (Fsp3) is 0.500. The Bertz CT molecular complexity index is 656. The van der Waals surface area contributed by atoms with Crippen LogP contribution in [0.15, 0.2) is 23.1 Å². The molecule has 0 radical (unpaired) electrons. The highest BCUT2D eigenvalue weighted by Crippen LogP contribution is 2.32. The third kappa shape index (κ3) is 3.37. The van der Waals surface area contributed by atoms with Crippen molar-refractivity contribution in [2.45, 2.75) is 23.8 Å². The zero-order chi connectivity index (χ0) is 15.6. The average molecular weight is 354 g/mol. The van der Waals surface area contributed by atoms with Gasteiger partial charge in [-0.15, -0.1) is 12.4 Å². The van der Waals surface area contributed by atoms with Gasteiger partial charge < -0.3 is 5.32 Å². The standard InChI is InChI=1S/C12H16FN3O4S.ClH/c1-14-8-9-4-3-7-15(9)21(19,20)12-10(13)5-2-6-11(12)16(17)18;/h2,5-6,9,14H,3-4,7-8H2,1H3;1H. The molecule has 1 N–H and O–H groups in total. The van der Waals surface area contributed by atoms with Crippen LogP contribution < -0.4 is 5.32 Å². The van der Waals surface area contributed by atoms with Crippen molar-refractivity contribution in [1.82, 2.24) is 9.62 Å². The third-order valence-corrected chi connectivity index (χ3v) is 5.49. The maximum atomic E-state index is 13.9. The largest absolute Gasteiger partial charge is 0.318 e. The summed E-state index contributed by atoms with van der Waals surface area (Å²) in [4.78, 5) is 9.26. The van der Waals surface area contributed by atoms with Crippen LogP contribution in [0.1, 0.15) is 12.8 Å². The lowest BCUT2D eigenvalue weighted by Gasteiger charge is -2.23. The first-order chi connectivity index (χ1) is 9.89. The van der Waals surface area contributed by atoms with Gasteiger partial charge in [0, 0.05) is 25.2 Å². The molecule has 124 valence electrons. The number of hydrogen-bond acceptors (Lipinski definition) is 5. The molecule has 1 atom stereocenters. The van der Waals surface area contributed by atoms with Crippen LogP contribution in [0.3, 0.4) is 0 Å². The molecule has 1 saturated heterocycles. The third-order valence-electron chi connectivity index (χ3n) is 3.47. The van der Waals surface area contributed by atoms with Gasteiger partial charge in [-0.25, -0.2) is 12.8 Å². The smallest absolute Gasteiger partial charge is 0.292 e. The highest BCUT2D eigenvalue weighted by Gasteiger charge is 2.40. The van der Waals surface area contributed by atoms with Gasteiger partial charge in [0.2, 0.25) is 0 Å². The van der Waals surface area contributed by atoms with Crippen LogP contribution in [0.5, 0.6) is 0 Å². The van der Waals surface area contributed by atoms with Crippen molar-refractivity contribution < 1.29 is 17.7 Å². The Labute approximate surface area is 134 Å². The Hall–Kier alpha value is -1.29. The van der Waals surface area contributed by atoms with Crippen LogP contribution in [0.2, 0.25) is 0 Å². The zero-order valence-electron chi connectivity index (χ0n) is 11.9. The molecule has 0 saturated carbocycles.